The number of ketones is 1. The highest BCUT2D eigenvalue weighted by molar-refractivity contribution is 7.85. The number of rotatable bonds is 9. The van der Waals surface area contributed by atoms with Gasteiger partial charge < -0.3 is 19.1 Å². The zero-order chi connectivity index (χ0) is 33.2. The van der Waals surface area contributed by atoms with Crippen molar-refractivity contribution < 1.29 is 36.2 Å². The van der Waals surface area contributed by atoms with Gasteiger partial charge in [0.2, 0.25) is 5.82 Å². The van der Waals surface area contributed by atoms with Crippen molar-refractivity contribution >= 4 is 21.8 Å². The predicted molar refractivity (Wildman–Crippen MR) is 169 cm³/mol. The Morgan fingerprint density at radius 1 is 1.07 bits per heavy atom. The number of nitrogens with one attached hydrogen (secondary N) is 1. The molecular weight excluding hydrogens is 611 g/mol. The van der Waals surface area contributed by atoms with Crippen molar-refractivity contribution in [2.24, 2.45) is 16.7 Å². The third-order valence-electron chi connectivity index (χ3n) is 10.2. The van der Waals surface area contributed by atoms with Crippen molar-refractivity contribution in [1.29, 1.82) is 0 Å². The minimum Gasteiger partial charge on any atom is -0.748 e. The van der Waals surface area contributed by atoms with Gasteiger partial charge in [-0.2, -0.15) is 0 Å². The van der Waals surface area contributed by atoms with E-state index in [4.69, 9.17) is 4.74 Å². The molecule has 2 unspecified atom stereocenters. The van der Waals surface area contributed by atoms with Gasteiger partial charge >= 0.3 is 0 Å². The van der Waals surface area contributed by atoms with Crippen molar-refractivity contribution in [3.05, 3.63) is 72.4 Å². The molecule has 2 aromatic carbocycles. The number of fused-ring (bicyclic) bond motifs is 2. The fourth-order valence-corrected chi connectivity index (χ4v) is 8.49. The molecule has 0 spiro atoms. The molecule has 3 aromatic rings. The third-order valence-corrected chi connectivity index (χ3v) is 11.0. The number of ether oxygens (including phenoxy) is 1. The molecule has 1 aromatic heterocycles. The summed E-state index contributed by atoms with van der Waals surface area (Å²) in [5, 5.41) is 2.94. The summed E-state index contributed by atoms with van der Waals surface area (Å²) >= 11 is 0. The Morgan fingerprint density at radius 2 is 1.70 bits per heavy atom. The topological polar surface area (TPSA) is 138 Å². The zero-order valence-electron chi connectivity index (χ0n) is 26.5. The van der Waals surface area contributed by atoms with Crippen LogP contribution >= 0.6 is 0 Å². The second-order valence-electron chi connectivity index (χ2n) is 13.5. The molecule has 2 saturated carbocycles. The summed E-state index contributed by atoms with van der Waals surface area (Å²) in [4.78, 5) is 32.9. The summed E-state index contributed by atoms with van der Waals surface area (Å²) in [6.07, 6.45) is 5.98. The van der Waals surface area contributed by atoms with E-state index in [0.29, 0.717) is 36.6 Å². The number of nitrogens with zero attached hydrogens (tertiary/aromatic N) is 3. The maximum absolute atomic E-state index is 13.0. The van der Waals surface area contributed by atoms with E-state index in [1.807, 2.05) is 26.0 Å². The Balaban J connectivity index is 0.000000232. The van der Waals surface area contributed by atoms with Crippen LogP contribution < -0.4 is 10.1 Å². The van der Waals surface area contributed by atoms with Gasteiger partial charge in [-0.3, -0.25) is 9.59 Å². The minimum absolute atomic E-state index is 0.0248. The van der Waals surface area contributed by atoms with Crippen molar-refractivity contribution in [2.75, 3.05) is 39.0 Å². The zero-order valence-corrected chi connectivity index (χ0v) is 27.3. The number of benzene rings is 2. The molecule has 12 heteroatoms. The summed E-state index contributed by atoms with van der Waals surface area (Å²) in [6.45, 7) is 7.70. The smallest absolute Gasteiger partial charge is 0.289 e. The highest BCUT2D eigenvalue weighted by Crippen LogP contribution is 2.64. The van der Waals surface area contributed by atoms with Gasteiger partial charge in [0.05, 0.1) is 54.8 Å². The summed E-state index contributed by atoms with van der Waals surface area (Å²) in [6, 6.07) is 15.0. The number of quaternary nitrogens is 1. The van der Waals surface area contributed by atoms with Gasteiger partial charge in [0.25, 0.3) is 5.91 Å². The van der Waals surface area contributed by atoms with Crippen LogP contribution in [-0.4, -0.2) is 78.1 Å². The summed E-state index contributed by atoms with van der Waals surface area (Å²) < 4.78 is 52.4. The van der Waals surface area contributed by atoms with Gasteiger partial charge in [-0.1, -0.05) is 13.8 Å². The SMILES string of the molecule is CC1(C)C2CCC1(CS(=O)(=O)[O-])C(=O)C2.C[N+]1(CCNC(=O)c2nccc(-c3ccc(Oc4ccc(F)cc4)cc3)n2)CCCC1. The van der Waals surface area contributed by atoms with Gasteiger partial charge in [-0.25, -0.2) is 22.8 Å². The number of Topliss-reactive ketones (excluding diaryl/α,β-unsaturated/α-hetero) is 1. The molecular formula is C34H41FN4O6S. The second-order valence-corrected chi connectivity index (χ2v) is 14.9. The van der Waals surface area contributed by atoms with E-state index in [2.05, 4.69) is 22.3 Å². The van der Waals surface area contributed by atoms with E-state index in [0.717, 1.165) is 23.0 Å². The maximum atomic E-state index is 13.0. The molecule has 1 N–H and O–H groups in total. The molecule has 3 fully saturated rings. The Morgan fingerprint density at radius 3 is 2.26 bits per heavy atom. The number of likely N-dealkylation sites (N-methyl/N-ethyl adjacent to an activating group) is 1. The lowest BCUT2D eigenvalue weighted by Gasteiger charge is -2.37. The Kier molecular flexibility index (Phi) is 9.63. The first kappa shape index (κ1) is 33.6. The van der Waals surface area contributed by atoms with E-state index in [1.165, 1.54) is 38.1 Å². The molecule has 246 valence electrons. The molecule has 2 heterocycles. The van der Waals surface area contributed by atoms with Gasteiger partial charge in [0.1, 0.15) is 23.1 Å². The van der Waals surface area contributed by atoms with Crippen LogP contribution in [-0.2, 0) is 14.9 Å². The van der Waals surface area contributed by atoms with Crippen LogP contribution in [0.1, 0.15) is 56.6 Å². The first-order chi connectivity index (χ1) is 21.7. The van der Waals surface area contributed by atoms with Gasteiger partial charge in [0, 0.05) is 36.4 Å². The lowest BCUT2D eigenvalue weighted by Crippen LogP contribution is -2.46. The number of aromatic nitrogens is 2. The highest BCUT2D eigenvalue weighted by Gasteiger charge is 2.64. The average Bonchev–Trinajstić information content (AvgIpc) is 3.60. The molecule has 1 saturated heterocycles. The van der Waals surface area contributed by atoms with Crippen LogP contribution in [0.15, 0.2) is 60.8 Å². The number of amides is 1. The van der Waals surface area contributed by atoms with Crippen LogP contribution in [0, 0.1) is 22.6 Å². The van der Waals surface area contributed by atoms with E-state index in [1.54, 1.807) is 36.5 Å². The molecule has 10 nitrogen and oxygen atoms in total. The van der Waals surface area contributed by atoms with Crippen molar-refractivity contribution in [3.63, 3.8) is 0 Å². The fourth-order valence-electron chi connectivity index (χ4n) is 7.21. The number of hydrogen-bond acceptors (Lipinski definition) is 8. The van der Waals surface area contributed by atoms with Gasteiger partial charge in [-0.15, -0.1) is 0 Å². The van der Waals surface area contributed by atoms with Crippen LogP contribution in [0.5, 0.6) is 11.5 Å². The molecule has 6 rings (SSSR count). The second kappa shape index (κ2) is 13.2. The molecule has 3 aliphatic rings. The van der Waals surface area contributed by atoms with Crippen molar-refractivity contribution in [1.82, 2.24) is 15.3 Å². The van der Waals surface area contributed by atoms with E-state index in [-0.39, 0.29) is 34.7 Å². The summed E-state index contributed by atoms with van der Waals surface area (Å²) in [5.74, 6) is 0.494. The lowest BCUT2D eigenvalue weighted by molar-refractivity contribution is -0.896. The van der Waals surface area contributed by atoms with Crippen molar-refractivity contribution in [2.45, 2.75) is 46.0 Å². The molecule has 1 aliphatic heterocycles. The Bertz CT molecular complexity index is 1670. The number of likely N-dealkylation sites (tertiary alicyclic amines) is 1. The fraction of sp³-hybridized carbons (Fsp3) is 0.471. The van der Waals surface area contributed by atoms with E-state index in [9.17, 15) is 27.0 Å². The maximum Gasteiger partial charge on any atom is 0.289 e. The van der Waals surface area contributed by atoms with E-state index < -0.39 is 21.3 Å². The Labute approximate surface area is 269 Å². The molecule has 2 bridgehead atoms. The summed E-state index contributed by atoms with van der Waals surface area (Å²) in [5.41, 5.74) is 0.282. The van der Waals surface area contributed by atoms with Gasteiger partial charge in [-0.05, 0) is 78.8 Å². The van der Waals surface area contributed by atoms with Gasteiger partial charge in [0.15, 0.2) is 0 Å². The molecule has 2 aliphatic carbocycles. The number of halogens is 1. The first-order valence-corrected chi connectivity index (χ1v) is 17.2. The van der Waals surface area contributed by atoms with Crippen LogP contribution in [0.2, 0.25) is 0 Å². The largest absolute Gasteiger partial charge is 0.748 e. The monoisotopic (exact) mass is 652 g/mol. The quantitative estimate of drug-likeness (QED) is 0.253. The molecule has 1 amide bonds. The number of hydrogen-bond donors (Lipinski definition) is 1. The summed E-state index contributed by atoms with van der Waals surface area (Å²) in [7, 11) is -2.09. The standard InChI is InChI=1S/C24H25FN4O2.C10H16O4S/c1-29(15-2-3-16-29)17-14-27-24(30)23-26-13-12-22(28-23)18-4-8-20(9-5-18)31-21-10-6-19(25)7-11-21;1-9(2)7-3-4-10(9,8(11)5-7)6-15(12,13)14/h4-13H,2-3,14-17H2,1H3;7H,3-6H2,1-2H3,(H,12,13,14). The van der Waals surface area contributed by atoms with E-state index >= 15 is 0 Å². The average molecular weight is 653 g/mol. The molecule has 0 radical (unpaired) electrons. The molecule has 2 atom stereocenters. The van der Waals surface area contributed by atoms with Crippen molar-refractivity contribution in [3.8, 4) is 22.8 Å². The minimum atomic E-state index is -4.33. The van der Waals surface area contributed by atoms with Crippen LogP contribution in [0.25, 0.3) is 11.3 Å². The number of carbonyl (C=O) groups excluding carboxylic acids is 2. The number of carbonyl (C=O) groups is 2. The third kappa shape index (κ3) is 7.45. The first-order valence-electron chi connectivity index (χ1n) is 15.7. The molecule has 46 heavy (non-hydrogen) atoms. The normalized spacial score (nSPS) is 22.6. The lowest BCUT2D eigenvalue weighted by atomic mass is 9.70. The van der Waals surface area contributed by atoms with Crippen LogP contribution in [0.4, 0.5) is 4.39 Å². The van der Waals surface area contributed by atoms with Crippen LogP contribution in [0.3, 0.4) is 0 Å². The predicted octanol–water partition coefficient (Wildman–Crippen LogP) is 4.97. The highest BCUT2D eigenvalue weighted by atomic mass is 32.2. The Hall–Kier alpha value is -3.74.